The Morgan fingerprint density at radius 1 is 1.16 bits per heavy atom. The summed E-state index contributed by atoms with van der Waals surface area (Å²) in [7, 11) is 4.68. The lowest BCUT2D eigenvalue weighted by atomic mass is 10.2. The molecule has 0 aromatic heterocycles. The van der Waals surface area contributed by atoms with Crippen LogP contribution in [0, 0.1) is 0 Å². The molecule has 0 atom stereocenters. The van der Waals surface area contributed by atoms with Gasteiger partial charge in [0.25, 0.3) is 0 Å². The fraction of sp³-hybridized carbons (Fsp3) is 0.385. The van der Waals surface area contributed by atoms with Crippen molar-refractivity contribution >= 4 is 12.0 Å². The van der Waals surface area contributed by atoms with E-state index in [2.05, 4.69) is 0 Å². The summed E-state index contributed by atoms with van der Waals surface area (Å²) >= 11 is 0. The van der Waals surface area contributed by atoms with Crippen LogP contribution in [-0.2, 0) is 11.3 Å². The van der Waals surface area contributed by atoms with Crippen molar-refractivity contribution in [3.63, 3.8) is 0 Å². The second-order valence-electron chi connectivity index (χ2n) is 4.24. The molecule has 1 rings (SSSR count). The number of carboxylic acid groups (broad SMARTS) is 1. The predicted octanol–water partition coefficient (Wildman–Crippen LogP) is 1.26. The van der Waals surface area contributed by atoms with Gasteiger partial charge in [-0.1, -0.05) is 12.1 Å². The first-order valence-electron chi connectivity index (χ1n) is 5.75. The molecule has 0 bridgehead atoms. The van der Waals surface area contributed by atoms with Gasteiger partial charge in [0, 0.05) is 20.6 Å². The maximum absolute atomic E-state index is 11.9. The molecule has 0 radical (unpaired) electrons. The van der Waals surface area contributed by atoms with Gasteiger partial charge in [-0.15, -0.1) is 0 Å². The molecule has 2 amide bonds. The summed E-state index contributed by atoms with van der Waals surface area (Å²) in [6.07, 6.45) is 0. The van der Waals surface area contributed by atoms with Crippen LogP contribution in [0.5, 0.6) is 5.75 Å². The number of amides is 2. The van der Waals surface area contributed by atoms with Crippen LogP contribution in [0.25, 0.3) is 0 Å². The molecule has 0 unspecified atom stereocenters. The van der Waals surface area contributed by atoms with Gasteiger partial charge in [0.15, 0.2) is 0 Å². The van der Waals surface area contributed by atoms with Gasteiger partial charge < -0.3 is 19.6 Å². The highest BCUT2D eigenvalue weighted by molar-refractivity contribution is 5.79. The lowest BCUT2D eigenvalue weighted by Gasteiger charge is -2.23. The van der Waals surface area contributed by atoms with E-state index >= 15 is 0 Å². The normalized spacial score (nSPS) is 9.84. The molecule has 104 valence electrons. The van der Waals surface area contributed by atoms with Gasteiger partial charge in [0.2, 0.25) is 0 Å². The van der Waals surface area contributed by atoms with Gasteiger partial charge in [-0.3, -0.25) is 4.79 Å². The fourth-order valence-electron chi connectivity index (χ4n) is 1.63. The number of nitrogens with zero attached hydrogens (tertiary/aromatic N) is 2. The van der Waals surface area contributed by atoms with Crippen LogP contribution in [0.3, 0.4) is 0 Å². The van der Waals surface area contributed by atoms with Crippen molar-refractivity contribution in [1.29, 1.82) is 0 Å². The maximum atomic E-state index is 11.9. The smallest absolute Gasteiger partial charge is 0.323 e. The molecule has 0 aliphatic carbocycles. The first-order valence-corrected chi connectivity index (χ1v) is 5.75. The lowest BCUT2D eigenvalue weighted by Crippen LogP contribution is -2.40. The molecule has 6 nitrogen and oxygen atoms in total. The highest BCUT2D eigenvalue weighted by atomic mass is 16.5. The molecule has 0 saturated carbocycles. The minimum Gasteiger partial charge on any atom is -0.497 e. The maximum Gasteiger partial charge on any atom is 0.323 e. The molecule has 19 heavy (non-hydrogen) atoms. The summed E-state index contributed by atoms with van der Waals surface area (Å²) in [5, 5.41) is 8.64. The van der Waals surface area contributed by atoms with Gasteiger partial charge in [0.1, 0.15) is 12.3 Å². The van der Waals surface area contributed by atoms with Crippen LogP contribution < -0.4 is 4.74 Å². The third kappa shape index (κ3) is 4.50. The Hall–Kier alpha value is -2.24. The molecule has 0 saturated heterocycles. The minimum absolute atomic E-state index is 0.314. The van der Waals surface area contributed by atoms with E-state index in [0.717, 1.165) is 16.2 Å². The van der Waals surface area contributed by atoms with Crippen LogP contribution in [0.4, 0.5) is 4.79 Å². The monoisotopic (exact) mass is 266 g/mol. The molecule has 6 heteroatoms. The minimum atomic E-state index is -1.03. The van der Waals surface area contributed by atoms with Gasteiger partial charge in [0.05, 0.1) is 7.11 Å². The van der Waals surface area contributed by atoms with Gasteiger partial charge in [-0.05, 0) is 17.7 Å². The first-order chi connectivity index (χ1) is 8.93. The van der Waals surface area contributed by atoms with Crippen molar-refractivity contribution in [2.45, 2.75) is 6.54 Å². The van der Waals surface area contributed by atoms with Crippen molar-refractivity contribution in [2.24, 2.45) is 0 Å². The second kappa shape index (κ2) is 6.63. The van der Waals surface area contributed by atoms with Gasteiger partial charge >= 0.3 is 12.0 Å². The number of benzene rings is 1. The zero-order chi connectivity index (χ0) is 14.4. The van der Waals surface area contributed by atoms with E-state index in [1.165, 1.54) is 11.9 Å². The second-order valence-corrected chi connectivity index (χ2v) is 4.24. The predicted molar refractivity (Wildman–Crippen MR) is 70.1 cm³/mol. The number of carbonyl (C=O) groups is 2. The Labute approximate surface area is 112 Å². The highest BCUT2D eigenvalue weighted by Gasteiger charge is 2.16. The highest BCUT2D eigenvalue weighted by Crippen LogP contribution is 2.12. The van der Waals surface area contributed by atoms with Crippen LogP contribution in [0.2, 0.25) is 0 Å². The average molecular weight is 266 g/mol. The Bertz CT molecular complexity index is 444. The number of hydrogen-bond acceptors (Lipinski definition) is 3. The number of ether oxygens (including phenoxy) is 1. The van der Waals surface area contributed by atoms with Gasteiger partial charge in [-0.2, -0.15) is 0 Å². The van der Waals surface area contributed by atoms with Crippen LogP contribution in [0.15, 0.2) is 24.3 Å². The quantitative estimate of drug-likeness (QED) is 0.871. The molecule has 1 aromatic rings. The van der Waals surface area contributed by atoms with E-state index in [1.807, 2.05) is 24.3 Å². The Balaban J connectivity index is 2.60. The zero-order valence-electron chi connectivity index (χ0n) is 11.3. The molecule has 0 aliphatic heterocycles. The summed E-state index contributed by atoms with van der Waals surface area (Å²) < 4.78 is 5.05. The third-order valence-corrected chi connectivity index (χ3v) is 2.60. The van der Waals surface area contributed by atoms with E-state index in [4.69, 9.17) is 9.84 Å². The first kappa shape index (κ1) is 14.8. The molecule has 0 heterocycles. The van der Waals surface area contributed by atoms with E-state index in [9.17, 15) is 9.59 Å². The summed E-state index contributed by atoms with van der Waals surface area (Å²) in [6, 6.07) is 7.02. The number of methoxy groups -OCH3 is 1. The zero-order valence-corrected chi connectivity index (χ0v) is 11.3. The van der Waals surface area contributed by atoms with E-state index < -0.39 is 5.97 Å². The Morgan fingerprint density at radius 2 is 1.74 bits per heavy atom. The average Bonchev–Trinajstić information content (AvgIpc) is 2.37. The molecule has 1 aromatic carbocycles. The summed E-state index contributed by atoms with van der Waals surface area (Å²) in [5.41, 5.74) is 0.945. The van der Waals surface area contributed by atoms with Crippen LogP contribution in [0.1, 0.15) is 5.56 Å². The van der Waals surface area contributed by atoms with Crippen molar-refractivity contribution < 1.29 is 19.4 Å². The molecule has 0 spiro atoms. The van der Waals surface area contributed by atoms with Crippen molar-refractivity contribution in [2.75, 3.05) is 27.7 Å². The SMILES string of the molecule is COc1ccc(CN(C)C(=O)N(C)CC(=O)O)cc1. The van der Waals surface area contributed by atoms with Crippen LogP contribution in [-0.4, -0.2) is 54.7 Å². The largest absolute Gasteiger partial charge is 0.497 e. The molecule has 1 N–H and O–H groups in total. The molecular weight excluding hydrogens is 248 g/mol. The number of aliphatic carboxylic acids is 1. The standard InChI is InChI=1S/C13H18N2O4/c1-14(13(18)15(2)9-12(16)17)8-10-4-6-11(19-3)7-5-10/h4-7H,8-9H2,1-3H3,(H,16,17). The number of urea groups is 1. The van der Waals surface area contributed by atoms with Crippen molar-refractivity contribution in [3.05, 3.63) is 29.8 Å². The topological polar surface area (TPSA) is 70.1 Å². The number of hydrogen-bond donors (Lipinski definition) is 1. The number of rotatable bonds is 5. The van der Waals surface area contributed by atoms with E-state index in [0.29, 0.717) is 6.54 Å². The number of carboxylic acids is 1. The lowest BCUT2D eigenvalue weighted by molar-refractivity contribution is -0.137. The fourth-order valence-corrected chi connectivity index (χ4v) is 1.63. The van der Waals surface area contributed by atoms with Crippen molar-refractivity contribution in [3.8, 4) is 5.75 Å². The Morgan fingerprint density at radius 3 is 2.21 bits per heavy atom. The van der Waals surface area contributed by atoms with E-state index in [-0.39, 0.29) is 12.6 Å². The summed E-state index contributed by atoms with van der Waals surface area (Å²) in [4.78, 5) is 25.0. The Kier molecular flexibility index (Phi) is 5.17. The summed E-state index contributed by atoms with van der Waals surface area (Å²) in [5.74, 6) is -0.283. The van der Waals surface area contributed by atoms with Gasteiger partial charge in [-0.25, -0.2) is 4.79 Å². The molecule has 0 fully saturated rings. The molecule has 0 aliphatic rings. The van der Waals surface area contributed by atoms with E-state index in [1.54, 1.807) is 14.2 Å². The molecular formula is C13H18N2O4. The number of carbonyl (C=O) groups excluding carboxylic acids is 1. The third-order valence-electron chi connectivity index (χ3n) is 2.60. The van der Waals surface area contributed by atoms with Crippen molar-refractivity contribution in [1.82, 2.24) is 9.80 Å². The van der Waals surface area contributed by atoms with Crippen LogP contribution >= 0.6 is 0 Å². The summed E-state index contributed by atoms with van der Waals surface area (Å²) in [6.45, 7) is 0.0958. The number of likely N-dealkylation sites (N-methyl/N-ethyl adjacent to an activating group) is 1.